The second-order valence-corrected chi connectivity index (χ2v) is 8.38. The number of piperazine rings is 1. The summed E-state index contributed by atoms with van der Waals surface area (Å²) in [6, 6.07) is 1.55. The zero-order valence-corrected chi connectivity index (χ0v) is 16.9. The van der Waals surface area contributed by atoms with Gasteiger partial charge in [0, 0.05) is 59.3 Å². The highest BCUT2D eigenvalue weighted by Gasteiger charge is 2.29. The zero-order valence-electron chi connectivity index (χ0n) is 16.1. The number of sulfonamides is 1. The lowest BCUT2D eigenvalue weighted by molar-refractivity contribution is -0.128. The summed E-state index contributed by atoms with van der Waals surface area (Å²) in [6.07, 6.45) is 1.71. The molecular weight excluding hydrogens is 372 g/mol. The summed E-state index contributed by atoms with van der Waals surface area (Å²) in [7, 11) is 0.00474. The summed E-state index contributed by atoms with van der Waals surface area (Å²) in [4.78, 5) is 19.7. The number of amides is 1. The summed E-state index contributed by atoms with van der Waals surface area (Å²) >= 11 is 0. The van der Waals surface area contributed by atoms with Crippen molar-refractivity contribution in [2.24, 2.45) is 4.99 Å². The number of carbonyl (C=O) groups excluding carboxylic acids is 1. The number of hydrogen-bond donors (Lipinski definition) is 1. The van der Waals surface area contributed by atoms with Gasteiger partial charge in [-0.1, -0.05) is 5.16 Å². The maximum atomic E-state index is 12.5. The van der Waals surface area contributed by atoms with Gasteiger partial charge in [0.2, 0.25) is 15.9 Å². The highest BCUT2D eigenvalue weighted by molar-refractivity contribution is 7.88. The van der Waals surface area contributed by atoms with Crippen molar-refractivity contribution in [1.82, 2.24) is 24.6 Å². The number of aromatic nitrogens is 1. The summed E-state index contributed by atoms with van der Waals surface area (Å²) < 4.78 is 31.2. The fourth-order valence-electron chi connectivity index (χ4n) is 2.68. The Morgan fingerprint density at radius 1 is 1.33 bits per heavy atom. The lowest BCUT2D eigenvalue weighted by Crippen LogP contribution is -2.54. The SMILES string of the molecule is CCNC(=NCCC(=O)N(C)C)N1CCN(S(=O)(=O)Cc2ccon2)CC1. The summed E-state index contributed by atoms with van der Waals surface area (Å²) in [6.45, 7) is 4.88. The van der Waals surface area contributed by atoms with Crippen LogP contribution in [-0.4, -0.2) is 92.9 Å². The zero-order chi connectivity index (χ0) is 19.9. The summed E-state index contributed by atoms with van der Waals surface area (Å²) in [5.74, 6) is 0.570. The lowest BCUT2D eigenvalue weighted by atomic mass is 10.3. The molecule has 0 atom stereocenters. The number of guanidine groups is 1. The molecule has 1 fully saturated rings. The minimum absolute atomic E-state index is 0.0263. The Morgan fingerprint density at radius 3 is 2.59 bits per heavy atom. The number of nitrogens with zero attached hydrogens (tertiary/aromatic N) is 5. The molecule has 2 rings (SSSR count). The lowest BCUT2D eigenvalue weighted by Gasteiger charge is -2.35. The predicted octanol–water partition coefficient (Wildman–Crippen LogP) is -0.434. The molecule has 0 bridgehead atoms. The Hall–Kier alpha value is -2.14. The molecule has 1 aliphatic rings. The van der Waals surface area contributed by atoms with Crippen LogP contribution in [0.15, 0.2) is 21.8 Å². The Morgan fingerprint density at radius 2 is 2.04 bits per heavy atom. The van der Waals surface area contributed by atoms with Crippen molar-refractivity contribution < 1.29 is 17.7 Å². The molecule has 10 nitrogen and oxygen atoms in total. The van der Waals surface area contributed by atoms with Crippen LogP contribution in [0.25, 0.3) is 0 Å². The van der Waals surface area contributed by atoms with Crippen LogP contribution in [0.4, 0.5) is 0 Å². The van der Waals surface area contributed by atoms with Gasteiger partial charge in [0.15, 0.2) is 5.96 Å². The van der Waals surface area contributed by atoms with Crippen LogP contribution in [0.3, 0.4) is 0 Å². The molecule has 152 valence electrons. The summed E-state index contributed by atoms with van der Waals surface area (Å²) in [5.41, 5.74) is 0.401. The highest BCUT2D eigenvalue weighted by Crippen LogP contribution is 2.13. The standard InChI is InChI=1S/C16H28N6O4S/c1-4-17-16(18-7-5-15(23)20(2)3)21-8-10-22(11-9-21)27(24,25)13-14-6-12-26-19-14/h6,12H,4-5,7-11,13H2,1-3H3,(H,17,18). The molecular formula is C16H28N6O4S. The van der Waals surface area contributed by atoms with Gasteiger partial charge >= 0.3 is 0 Å². The van der Waals surface area contributed by atoms with E-state index >= 15 is 0 Å². The second kappa shape index (κ2) is 9.70. The third kappa shape index (κ3) is 6.21. The van der Waals surface area contributed by atoms with Gasteiger partial charge in [-0.2, -0.15) is 4.31 Å². The Labute approximate surface area is 160 Å². The molecule has 1 N–H and O–H groups in total. The van der Waals surface area contributed by atoms with E-state index in [-0.39, 0.29) is 11.7 Å². The smallest absolute Gasteiger partial charge is 0.223 e. The van der Waals surface area contributed by atoms with Crippen LogP contribution in [0.2, 0.25) is 0 Å². The Balaban J connectivity index is 1.91. The normalized spacial score (nSPS) is 16.4. The van der Waals surface area contributed by atoms with Gasteiger partial charge in [-0.05, 0) is 6.92 Å². The van der Waals surface area contributed by atoms with Gasteiger partial charge in [-0.3, -0.25) is 9.79 Å². The fraction of sp³-hybridized carbons (Fsp3) is 0.688. The van der Waals surface area contributed by atoms with Crippen molar-refractivity contribution in [3.8, 4) is 0 Å². The number of aliphatic imine (C=N–C) groups is 1. The van der Waals surface area contributed by atoms with Crippen LogP contribution in [-0.2, 0) is 20.6 Å². The van der Waals surface area contributed by atoms with Gasteiger partial charge in [0.25, 0.3) is 0 Å². The maximum absolute atomic E-state index is 12.5. The number of carbonyl (C=O) groups is 1. The average molecular weight is 401 g/mol. The van der Waals surface area contributed by atoms with Gasteiger partial charge in [-0.25, -0.2) is 8.42 Å². The molecule has 0 aromatic carbocycles. The van der Waals surface area contributed by atoms with Crippen LogP contribution in [0, 0.1) is 0 Å². The number of rotatable bonds is 7. The highest BCUT2D eigenvalue weighted by atomic mass is 32.2. The van der Waals surface area contributed by atoms with E-state index in [1.807, 2.05) is 11.8 Å². The molecule has 0 radical (unpaired) electrons. The third-order valence-electron chi connectivity index (χ3n) is 4.17. The van der Waals surface area contributed by atoms with Crippen LogP contribution in [0.1, 0.15) is 19.0 Å². The van der Waals surface area contributed by atoms with E-state index in [0.717, 1.165) is 0 Å². The first kappa shape index (κ1) is 21.2. The number of nitrogens with one attached hydrogen (secondary N) is 1. The van der Waals surface area contributed by atoms with Crippen LogP contribution >= 0.6 is 0 Å². The van der Waals surface area contributed by atoms with Crippen molar-refractivity contribution in [3.05, 3.63) is 18.0 Å². The molecule has 0 saturated carbocycles. The molecule has 27 heavy (non-hydrogen) atoms. The van der Waals surface area contributed by atoms with Gasteiger partial charge in [0.1, 0.15) is 12.0 Å². The van der Waals surface area contributed by atoms with E-state index in [2.05, 4.69) is 15.5 Å². The topological polar surface area (TPSA) is 111 Å². The molecule has 1 aromatic heterocycles. The first-order chi connectivity index (χ1) is 12.8. The van der Waals surface area contributed by atoms with E-state index in [0.29, 0.717) is 57.3 Å². The Bertz CT molecular complexity index is 724. The minimum atomic E-state index is -3.43. The molecule has 2 heterocycles. The molecule has 0 unspecified atom stereocenters. The minimum Gasteiger partial charge on any atom is -0.364 e. The van der Waals surface area contributed by atoms with Crippen molar-refractivity contribution in [2.45, 2.75) is 19.1 Å². The molecule has 0 spiro atoms. The van der Waals surface area contributed by atoms with Crippen molar-refractivity contribution in [3.63, 3.8) is 0 Å². The van der Waals surface area contributed by atoms with E-state index in [1.165, 1.54) is 10.6 Å². The number of hydrogen-bond acceptors (Lipinski definition) is 6. The van der Waals surface area contributed by atoms with Crippen molar-refractivity contribution in [1.29, 1.82) is 0 Å². The van der Waals surface area contributed by atoms with Crippen molar-refractivity contribution in [2.75, 3.05) is 53.4 Å². The third-order valence-corrected chi connectivity index (χ3v) is 5.99. The molecule has 1 aliphatic heterocycles. The quantitative estimate of drug-likeness (QED) is 0.488. The van der Waals surface area contributed by atoms with E-state index in [1.54, 1.807) is 25.1 Å². The van der Waals surface area contributed by atoms with Crippen LogP contribution < -0.4 is 5.32 Å². The molecule has 11 heteroatoms. The van der Waals surface area contributed by atoms with E-state index in [9.17, 15) is 13.2 Å². The maximum Gasteiger partial charge on any atom is 0.223 e. The van der Waals surface area contributed by atoms with E-state index in [4.69, 9.17) is 4.52 Å². The first-order valence-electron chi connectivity index (χ1n) is 8.94. The molecule has 1 saturated heterocycles. The fourth-order valence-corrected chi connectivity index (χ4v) is 4.10. The van der Waals surface area contributed by atoms with E-state index < -0.39 is 10.0 Å². The summed E-state index contributed by atoms with van der Waals surface area (Å²) in [5, 5.41) is 6.88. The Kier molecular flexibility index (Phi) is 7.60. The second-order valence-electron chi connectivity index (χ2n) is 6.41. The van der Waals surface area contributed by atoms with Gasteiger partial charge < -0.3 is 19.6 Å². The predicted molar refractivity (Wildman–Crippen MR) is 102 cm³/mol. The van der Waals surface area contributed by atoms with Gasteiger partial charge in [0.05, 0.1) is 12.2 Å². The molecule has 0 aliphatic carbocycles. The first-order valence-corrected chi connectivity index (χ1v) is 10.5. The van der Waals surface area contributed by atoms with Gasteiger partial charge in [-0.15, -0.1) is 0 Å². The van der Waals surface area contributed by atoms with Crippen LogP contribution in [0.5, 0.6) is 0 Å². The largest absolute Gasteiger partial charge is 0.364 e. The van der Waals surface area contributed by atoms with Crippen molar-refractivity contribution >= 4 is 21.9 Å². The molecule has 1 aromatic rings. The average Bonchev–Trinajstić information content (AvgIpc) is 3.13. The molecule has 1 amide bonds. The monoisotopic (exact) mass is 400 g/mol.